The highest BCUT2D eigenvalue weighted by atomic mass is 79.9. The van der Waals surface area contributed by atoms with Gasteiger partial charge in [0.1, 0.15) is 0 Å². The van der Waals surface area contributed by atoms with E-state index in [0.717, 1.165) is 21.6 Å². The monoisotopic (exact) mass is 459 g/mol. The van der Waals surface area contributed by atoms with E-state index in [1.165, 1.54) is 23.1 Å². The average Bonchev–Trinajstić information content (AvgIpc) is 3.29. The summed E-state index contributed by atoms with van der Waals surface area (Å²) >= 11 is 3.40. The third-order valence-electron chi connectivity index (χ3n) is 4.11. The van der Waals surface area contributed by atoms with Crippen LogP contribution in [-0.2, 0) is 9.84 Å². The van der Waals surface area contributed by atoms with Gasteiger partial charge >= 0.3 is 0 Å². The number of para-hydroxylation sites is 1. The van der Waals surface area contributed by atoms with Crippen LogP contribution in [0.1, 0.15) is 10.4 Å². The summed E-state index contributed by atoms with van der Waals surface area (Å²) in [7, 11) is -3.44. The molecule has 4 rings (SSSR count). The molecule has 2 heterocycles. The Morgan fingerprint density at radius 2 is 2.00 bits per heavy atom. The first-order chi connectivity index (χ1) is 13.3. The Labute approximate surface area is 168 Å². The number of carbonyl (C=O) groups excluding carboxylic acids is 1. The summed E-state index contributed by atoms with van der Waals surface area (Å²) in [5.41, 5.74) is 1.43. The SMILES string of the molecule is CS(=O)(=O)c1ccccc1-n1cc(C(=O)Nc2n[nH]c3ccc(Br)cc23)cn1. The first-order valence-corrected chi connectivity index (χ1v) is 10.8. The van der Waals surface area contributed by atoms with Crippen LogP contribution in [0.4, 0.5) is 5.82 Å². The molecule has 0 aliphatic carbocycles. The van der Waals surface area contributed by atoms with Crippen LogP contribution in [0, 0.1) is 0 Å². The van der Waals surface area contributed by atoms with Gasteiger partial charge in [-0.15, -0.1) is 0 Å². The highest BCUT2D eigenvalue weighted by Gasteiger charge is 2.17. The van der Waals surface area contributed by atoms with Crippen LogP contribution in [0.3, 0.4) is 0 Å². The number of hydrogen-bond donors (Lipinski definition) is 2. The molecule has 142 valence electrons. The normalized spacial score (nSPS) is 11.6. The van der Waals surface area contributed by atoms with Crippen molar-refractivity contribution < 1.29 is 13.2 Å². The van der Waals surface area contributed by atoms with Gasteiger partial charge in [0.2, 0.25) is 0 Å². The zero-order valence-electron chi connectivity index (χ0n) is 14.5. The van der Waals surface area contributed by atoms with Crippen LogP contribution < -0.4 is 5.32 Å². The van der Waals surface area contributed by atoms with Gasteiger partial charge in [-0.05, 0) is 30.3 Å². The van der Waals surface area contributed by atoms with E-state index in [-0.39, 0.29) is 10.5 Å². The van der Waals surface area contributed by atoms with Crippen molar-refractivity contribution in [3.05, 3.63) is 64.9 Å². The Hall–Kier alpha value is -2.98. The smallest absolute Gasteiger partial charge is 0.260 e. The molecule has 1 amide bonds. The second-order valence-corrected chi connectivity index (χ2v) is 9.03. The Morgan fingerprint density at radius 3 is 2.79 bits per heavy atom. The first kappa shape index (κ1) is 18.4. The molecule has 0 aliphatic rings. The largest absolute Gasteiger partial charge is 0.304 e. The van der Waals surface area contributed by atoms with E-state index < -0.39 is 15.7 Å². The Kier molecular flexibility index (Phi) is 4.52. The van der Waals surface area contributed by atoms with Crippen LogP contribution >= 0.6 is 15.9 Å². The number of benzene rings is 2. The molecule has 2 aromatic carbocycles. The molecule has 0 saturated heterocycles. The molecule has 0 spiro atoms. The maximum absolute atomic E-state index is 12.6. The summed E-state index contributed by atoms with van der Waals surface area (Å²) < 4.78 is 26.2. The number of anilines is 1. The zero-order chi connectivity index (χ0) is 19.9. The second kappa shape index (κ2) is 6.88. The number of carbonyl (C=O) groups is 1. The van der Waals surface area contributed by atoms with Crippen LogP contribution in [0.15, 0.2) is 64.2 Å². The Bertz CT molecular complexity index is 1310. The predicted octanol–water partition coefficient (Wildman–Crippen LogP) is 3.17. The van der Waals surface area contributed by atoms with Gasteiger partial charge in [-0.3, -0.25) is 9.89 Å². The highest BCUT2D eigenvalue weighted by molar-refractivity contribution is 9.10. The molecule has 0 saturated carbocycles. The fourth-order valence-electron chi connectivity index (χ4n) is 2.79. The van der Waals surface area contributed by atoms with Gasteiger partial charge in [-0.2, -0.15) is 10.2 Å². The minimum Gasteiger partial charge on any atom is -0.304 e. The number of sulfone groups is 1. The van der Waals surface area contributed by atoms with E-state index >= 15 is 0 Å². The Morgan fingerprint density at radius 1 is 1.21 bits per heavy atom. The second-order valence-electron chi connectivity index (χ2n) is 6.13. The van der Waals surface area contributed by atoms with Crippen molar-refractivity contribution >= 4 is 48.4 Å². The number of fused-ring (bicyclic) bond motifs is 1. The lowest BCUT2D eigenvalue weighted by atomic mass is 10.2. The quantitative estimate of drug-likeness (QED) is 0.486. The lowest BCUT2D eigenvalue weighted by Gasteiger charge is -2.07. The average molecular weight is 460 g/mol. The molecule has 2 N–H and O–H groups in total. The molecule has 8 nitrogen and oxygen atoms in total. The van der Waals surface area contributed by atoms with E-state index in [0.29, 0.717) is 11.5 Å². The van der Waals surface area contributed by atoms with Crippen molar-refractivity contribution in [1.29, 1.82) is 0 Å². The number of nitrogens with zero attached hydrogens (tertiary/aromatic N) is 3. The summed E-state index contributed by atoms with van der Waals surface area (Å²) in [6.07, 6.45) is 3.98. The third-order valence-corrected chi connectivity index (χ3v) is 5.75. The van der Waals surface area contributed by atoms with E-state index in [1.54, 1.807) is 18.2 Å². The molecule has 0 aliphatic heterocycles. The van der Waals surface area contributed by atoms with Crippen LogP contribution in [0.25, 0.3) is 16.6 Å². The number of aromatic amines is 1. The van der Waals surface area contributed by atoms with E-state index in [2.05, 4.69) is 36.5 Å². The number of halogens is 1. The molecule has 0 atom stereocenters. The molecular weight excluding hydrogens is 446 g/mol. The van der Waals surface area contributed by atoms with E-state index in [9.17, 15) is 13.2 Å². The maximum atomic E-state index is 12.6. The Balaban J connectivity index is 1.65. The fraction of sp³-hybridized carbons (Fsp3) is 0.0556. The molecule has 2 aromatic heterocycles. The summed E-state index contributed by atoms with van der Waals surface area (Å²) in [6, 6.07) is 12.0. The number of aromatic nitrogens is 4. The van der Waals surface area contributed by atoms with Crippen molar-refractivity contribution in [2.75, 3.05) is 11.6 Å². The lowest BCUT2D eigenvalue weighted by molar-refractivity contribution is 0.102. The first-order valence-electron chi connectivity index (χ1n) is 8.12. The summed E-state index contributed by atoms with van der Waals surface area (Å²) in [5.74, 6) is -0.0120. The van der Waals surface area contributed by atoms with Crippen LogP contribution in [-0.4, -0.2) is 40.6 Å². The van der Waals surface area contributed by atoms with Crippen molar-refractivity contribution in [2.45, 2.75) is 4.90 Å². The van der Waals surface area contributed by atoms with Gasteiger partial charge in [0.25, 0.3) is 5.91 Å². The molecule has 0 fully saturated rings. The van der Waals surface area contributed by atoms with Crippen LogP contribution in [0.2, 0.25) is 0 Å². The molecular formula is C18H14BrN5O3S. The van der Waals surface area contributed by atoms with Crippen LogP contribution in [0.5, 0.6) is 0 Å². The number of amides is 1. The van der Waals surface area contributed by atoms with Gasteiger partial charge in [-0.25, -0.2) is 13.1 Å². The minimum atomic E-state index is -3.44. The van der Waals surface area contributed by atoms with Crippen molar-refractivity contribution in [3.63, 3.8) is 0 Å². The third kappa shape index (κ3) is 3.43. The molecule has 0 unspecified atom stereocenters. The number of nitrogens with one attached hydrogen (secondary N) is 2. The van der Waals surface area contributed by atoms with E-state index in [4.69, 9.17) is 0 Å². The highest BCUT2D eigenvalue weighted by Crippen LogP contribution is 2.25. The fourth-order valence-corrected chi connectivity index (χ4v) is 4.02. The standard InChI is InChI=1S/C18H14BrN5O3S/c1-28(26,27)16-5-3-2-4-15(16)24-10-11(9-20-24)18(25)21-17-13-8-12(19)6-7-14(13)22-23-17/h2-10H,1H3,(H2,21,22,23,25). The summed E-state index contributed by atoms with van der Waals surface area (Å²) in [5, 5.41) is 14.6. The molecule has 28 heavy (non-hydrogen) atoms. The van der Waals surface area contributed by atoms with Gasteiger partial charge in [0.15, 0.2) is 15.7 Å². The molecule has 10 heteroatoms. The van der Waals surface area contributed by atoms with Gasteiger partial charge in [0, 0.05) is 22.3 Å². The summed E-state index contributed by atoms with van der Waals surface area (Å²) in [4.78, 5) is 12.8. The lowest BCUT2D eigenvalue weighted by Crippen LogP contribution is -2.11. The van der Waals surface area contributed by atoms with Crippen molar-refractivity contribution in [2.24, 2.45) is 0 Å². The van der Waals surface area contributed by atoms with Crippen molar-refractivity contribution in [3.8, 4) is 5.69 Å². The van der Waals surface area contributed by atoms with Gasteiger partial charge in [0.05, 0.1) is 27.9 Å². The topological polar surface area (TPSA) is 110 Å². The van der Waals surface area contributed by atoms with E-state index in [1.807, 2.05) is 18.2 Å². The number of H-pyrrole nitrogens is 1. The molecule has 0 radical (unpaired) electrons. The maximum Gasteiger partial charge on any atom is 0.260 e. The zero-order valence-corrected chi connectivity index (χ0v) is 17.0. The van der Waals surface area contributed by atoms with Gasteiger partial charge in [-0.1, -0.05) is 28.1 Å². The summed E-state index contributed by atoms with van der Waals surface area (Å²) in [6.45, 7) is 0. The molecule has 0 bridgehead atoms. The van der Waals surface area contributed by atoms with Gasteiger partial charge < -0.3 is 5.32 Å². The minimum absolute atomic E-state index is 0.133. The van der Waals surface area contributed by atoms with Crippen molar-refractivity contribution in [1.82, 2.24) is 20.0 Å². The predicted molar refractivity (Wildman–Crippen MR) is 108 cm³/mol. The number of rotatable bonds is 4. The number of hydrogen-bond acceptors (Lipinski definition) is 5. The molecule has 4 aromatic rings.